The van der Waals surface area contributed by atoms with Crippen LogP contribution in [0.15, 0.2) is 29.3 Å². The standard InChI is InChI=1S/C13H18N4/c1-2-3-5-11-6-4-7-12(8-11)9-16-13(15)17-10-14/h4,6-8H,2-3,5,9H2,1H3,(H3,15,16,17). The molecule has 0 unspecified atom stereocenters. The van der Waals surface area contributed by atoms with Crippen LogP contribution in [0.5, 0.6) is 0 Å². The third kappa shape index (κ3) is 5.03. The van der Waals surface area contributed by atoms with Gasteiger partial charge in [-0.2, -0.15) is 5.26 Å². The number of aliphatic imine (C=N–C) groups is 1. The molecule has 0 saturated carbocycles. The van der Waals surface area contributed by atoms with Gasteiger partial charge in [-0.15, -0.1) is 0 Å². The lowest BCUT2D eigenvalue weighted by Gasteiger charge is -2.03. The van der Waals surface area contributed by atoms with E-state index in [1.807, 2.05) is 12.1 Å². The summed E-state index contributed by atoms with van der Waals surface area (Å²) in [7, 11) is 0. The summed E-state index contributed by atoms with van der Waals surface area (Å²) in [6.45, 7) is 2.68. The van der Waals surface area contributed by atoms with Crippen molar-refractivity contribution in [3.05, 3.63) is 35.4 Å². The van der Waals surface area contributed by atoms with E-state index in [1.54, 1.807) is 6.19 Å². The van der Waals surface area contributed by atoms with Crippen molar-refractivity contribution in [1.29, 1.82) is 5.26 Å². The molecule has 0 heterocycles. The van der Waals surface area contributed by atoms with Crippen LogP contribution in [0.25, 0.3) is 0 Å². The van der Waals surface area contributed by atoms with E-state index in [2.05, 4.69) is 29.4 Å². The van der Waals surface area contributed by atoms with Gasteiger partial charge in [-0.3, -0.25) is 5.32 Å². The first-order chi connectivity index (χ1) is 8.26. The maximum absolute atomic E-state index is 8.35. The molecule has 0 aliphatic carbocycles. The number of nitrogens with two attached hydrogens (primary N) is 1. The Kier molecular flexibility index (Phi) is 5.59. The molecule has 1 aromatic carbocycles. The number of nitriles is 1. The summed E-state index contributed by atoms with van der Waals surface area (Å²) in [6.07, 6.45) is 5.23. The lowest BCUT2D eigenvalue weighted by molar-refractivity contribution is 0.793. The zero-order valence-electron chi connectivity index (χ0n) is 10.1. The Morgan fingerprint density at radius 3 is 2.94 bits per heavy atom. The fourth-order valence-electron chi connectivity index (χ4n) is 1.54. The molecule has 0 aliphatic heterocycles. The molecule has 4 nitrogen and oxygen atoms in total. The van der Waals surface area contributed by atoms with Gasteiger partial charge in [0.25, 0.3) is 0 Å². The summed E-state index contributed by atoms with van der Waals surface area (Å²) in [4.78, 5) is 4.07. The van der Waals surface area contributed by atoms with Gasteiger partial charge in [-0.05, 0) is 24.0 Å². The van der Waals surface area contributed by atoms with Crippen LogP contribution in [0, 0.1) is 11.5 Å². The fraction of sp³-hybridized carbons (Fsp3) is 0.385. The second-order valence-corrected chi connectivity index (χ2v) is 3.86. The maximum atomic E-state index is 8.35. The molecule has 17 heavy (non-hydrogen) atoms. The Labute approximate surface area is 102 Å². The lowest BCUT2D eigenvalue weighted by atomic mass is 10.1. The SMILES string of the molecule is CCCCc1cccc(CN=C(N)NC#N)c1. The number of nitrogens with zero attached hydrogens (tertiary/aromatic N) is 2. The van der Waals surface area contributed by atoms with Crippen LogP contribution in [0.3, 0.4) is 0 Å². The van der Waals surface area contributed by atoms with Gasteiger partial charge < -0.3 is 5.73 Å². The van der Waals surface area contributed by atoms with Crippen molar-refractivity contribution in [2.45, 2.75) is 32.7 Å². The van der Waals surface area contributed by atoms with Gasteiger partial charge in [-0.1, -0.05) is 37.6 Å². The number of hydrogen-bond donors (Lipinski definition) is 2. The third-order valence-corrected chi connectivity index (χ3v) is 2.43. The Hall–Kier alpha value is -2.02. The van der Waals surface area contributed by atoms with Crippen molar-refractivity contribution in [3.63, 3.8) is 0 Å². The normalized spacial score (nSPS) is 10.9. The summed E-state index contributed by atoms with van der Waals surface area (Å²) in [6, 6.07) is 8.31. The predicted octanol–water partition coefficient (Wildman–Crippen LogP) is 1.91. The van der Waals surface area contributed by atoms with Crippen LogP contribution in [0.1, 0.15) is 30.9 Å². The number of guanidine groups is 1. The maximum Gasteiger partial charge on any atom is 0.202 e. The molecule has 0 fully saturated rings. The number of benzene rings is 1. The van der Waals surface area contributed by atoms with Crippen LogP contribution in [0.4, 0.5) is 0 Å². The van der Waals surface area contributed by atoms with Gasteiger partial charge in [0.1, 0.15) is 0 Å². The molecule has 0 aromatic heterocycles. The van der Waals surface area contributed by atoms with Crippen LogP contribution in [-0.2, 0) is 13.0 Å². The zero-order chi connectivity index (χ0) is 12.5. The molecule has 0 aliphatic rings. The van der Waals surface area contributed by atoms with Crippen molar-refractivity contribution < 1.29 is 0 Å². The molecule has 0 saturated heterocycles. The summed E-state index contributed by atoms with van der Waals surface area (Å²) in [5.41, 5.74) is 7.90. The molecule has 0 bridgehead atoms. The van der Waals surface area contributed by atoms with Gasteiger partial charge in [0.2, 0.25) is 5.96 Å². The number of hydrogen-bond acceptors (Lipinski definition) is 2. The quantitative estimate of drug-likeness (QED) is 0.351. The van der Waals surface area contributed by atoms with E-state index in [-0.39, 0.29) is 5.96 Å². The number of aryl methyl sites for hydroxylation is 1. The van der Waals surface area contributed by atoms with Crippen LogP contribution < -0.4 is 11.1 Å². The first kappa shape index (κ1) is 13.0. The average Bonchev–Trinajstić information content (AvgIpc) is 2.35. The molecule has 0 radical (unpaired) electrons. The van der Waals surface area contributed by atoms with E-state index in [0.717, 1.165) is 12.0 Å². The molecule has 0 spiro atoms. The van der Waals surface area contributed by atoms with Crippen molar-refractivity contribution in [1.82, 2.24) is 5.32 Å². The number of rotatable bonds is 5. The van der Waals surface area contributed by atoms with Gasteiger partial charge in [0.15, 0.2) is 6.19 Å². The van der Waals surface area contributed by atoms with E-state index in [4.69, 9.17) is 11.0 Å². The Bertz CT molecular complexity index is 418. The number of unbranched alkanes of at least 4 members (excludes halogenated alkanes) is 1. The Morgan fingerprint density at radius 2 is 2.24 bits per heavy atom. The summed E-state index contributed by atoms with van der Waals surface area (Å²) >= 11 is 0. The van der Waals surface area contributed by atoms with E-state index >= 15 is 0 Å². The minimum atomic E-state index is 0.159. The summed E-state index contributed by atoms with van der Waals surface area (Å²) < 4.78 is 0. The van der Waals surface area contributed by atoms with Gasteiger partial charge in [0.05, 0.1) is 6.54 Å². The molecule has 1 rings (SSSR count). The predicted molar refractivity (Wildman–Crippen MR) is 69.1 cm³/mol. The van der Waals surface area contributed by atoms with Crippen LogP contribution in [-0.4, -0.2) is 5.96 Å². The molecular formula is C13H18N4. The van der Waals surface area contributed by atoms with Crippen molar-refractivity contribution >= 4 is 5.96 Å². The molecule has 0 atom stereocenters. The zero-order valence-corrected chi connectivity index (χ0v) is 10.1. The smallest absolute Gasteiger partial charge is 0.202 e. The second-order valence-electron chi connectivity index (χ2n) is 3.86. The van der Waals surface area contributed by atoms with Crippen LogP contribution >= 0.6 is 0 Å². The minimum Gasteiger partial charge on any atom is -0.369 e. The highest BCUT2D eigenvalue weighted by Crippen LogP contribution is 2.09. The van der Waals surface area contributed by atoms with E-state index < -0.39 is 0 Å². The first-order valence-electron chi connectivity index (χ1n) is 5.79. The van der Waals surface area contributed by atoms with Crippen molar-refractivity contribution in [2.24, 2.45) is 10.7 Å². The van der Waals surface area contributed by atoms with E-state index in [9.17, 15) is 0 Å². The molecule has 4 heteroatoms. The van der Waals surface area contributed by atoms with Gasteiger partial charge >= 0.3 is 0 Å². The van der Waals surface area contributed by atoms with Crippen LogP contribution in [0.2, 0.25) is 0 Å². The molecular weight excluding hydrogens is 212 g/mol. The molecule has 1 aromatic rings. The average molecular weight is 230 g/mol. The summed E-state index contributed by atoms with van der Waals surface area (Å²) in [5.74, 6) is 0.159. The van der Waals surface area contributed by atoms with E-state index in [1.165, 1.54) is 18.4 Å². The first-order valence-corrected chi connectivity index (χ1v) is 5.79. The second kappa shape index (κ2) is 7.29. The highest BCUT2D eigenvalue weighted by atomic mass is 15.1. The fourth-order valence-corrected chi connectivity index (χ4v) is 1.54. The molecule has 90 valence electrons. The van der Waals surface area contributed by atoms with Crippen molar-refractivity contribution in [3.8, 4) is 6.19 Å². The minimum absolute atomic E-state index is 0.159. The topological polar surface area (TPSA) is 74.2 Å². The lowest BCUT2D eigenvalue weighted by Crippen LogP contribution is -2.27. The highest BCUT2D eigenvalue weighted by molar-refractivity contribution is 5.79. The van der Waals surface area contributed by atoms with E-state index in [0.29, 0.717) is 6.54 Å². The molecule has 0 amide bonds. The van der Waals surface area contributed by atoms with Crippen molar-refractivity contribution in [2.75, 3.05) is 0 Å². The Morgan fingerprint density at radius 1 is 1.47 bits per heavy atom. The Balaban J connectivity index is 2.60. The monoisotopic (exact) mass is 230 g/mol. The molecule has 3 N–H and O–H groups in total. The largest absolute Gasteiger partial charge is 0.369 e. The van der Waals surface area contributed by atoms with Gasteiger partial charge in [-0.25, -0.2) is 4.99 Å². The highest BCUT2D eigenvalue weighted by Gasteiger charge is 1.96. The van der Waals surface area contributed by atoms with Gasteiger partial charge in [0, 0.05) is 0 Å². The summed E-state index contributed by atoms with van der Waals surface area (Å²) in [5, 5.41) is 10.7. The third-order valence-electron chi connectivity index (χ3n) is 2.43. The number of nitrogens with one attached hydrogen (secondary N) is 1.